The van der Waals surface area contributed by atoms with Crippen LogP contribution in [0.1, 0.15) is 12.8 Å². The largest absolute Gasteiger partial charge is 0.481 e. The van der Waals surface area contributed by atoms with Crippen LogP contribution in [-0.4, -0.2) is 47.3 Å². The van der Waals surface area contributed by atoms with Gasteiger partial charge in [-0.2, -0.15) is 0 Å². The predicted octanol–water partition coefficient (Wildman–Crippen LogP) is 1.43. The number of hydrogen-bond acceptors (Lipinski definition) is 1. The van der Waals surface area contributed by atoms with Crippen LogP contribution in [0.5, 0.6) is 0 Å². The Morgan fingerprint density at radius 2 is 1.88 bits per heavy atom. The molecule has 0 bridgehead atoms. The third kappa shape index (κ3) is 4.98. The first-order valence-corrected chi connectivity index (χ1v) is 5.64. The lowest BCUT2D eigenvalue weighted by atomic mass is 10.3. The molecule has 0 atom stereocenters. The fourth-order valence-corrected chi connectivity index (χ4v) is 1.71. The molecular formula is C12H21N2O2+. The molecule has 0 fully saturated rings. The van der Waals surface area contributed by atoms with Crippen LogP contribution in [0.3, 0.4) is 0 Å². The molecule has 0 spiro atoms. The first kappa shape index (κ1) is 12.8. The van der Waals surface area contributed by atoms with Crippen molar-refractivity contribution in [2.75, 3.05) is 27.2 Å². The molecule has 16 heavy (non-hydrogen) atoms. The van der Waals surface area contributed by atoms with E-state index in [1.165, 1.54) is 0 Å². The zero-order valence-electron chi connectivity index (χ0n) is 10.1. The number of rotatable bonds is 7. The van der Waals surface area contributed by atoms with Gasteiger partial charge in [-0.15, -0.1) is 0 Å². The highest BCUT2D eigenvalue weighted by Gasteiger charge is 2.15. The molecule has 4 nitrogen and oxygen atoms in total. The van der Waals surface area contributed by atoms with Crippen LogP contribution in [0.15, 0.2) is 24.5 Å². The van der Waals surface area contributed by atoms with Crippen molar-refractivity contribution in [1.82, 2.24) is 4.57 Å². The van der Waals surface area contributed by atoms with E-state index in [9.17, 15) is 4.79 Å². The summed E-state index contributed by atoms with van der Waals surface area (Å²) in [4.78, 5) is 10.5. The summed E-state index contributed by atoms with van der Waals surface area (Å²) in [6.07, 6.45) is 5.42. The van der Waals surface area contributed by atoms with Crippen molar-refractivity contribution >= 4 is 5.97 Å². The van der Waals surface area contributed by atoms with E-state index in [1.54, 1.807) is 0 Å². The molecule has 1 aromatic rings. The standard InChI is InChI=1S/C12H20N2O2/c1-14(2,11-6-12(15)16)10-5-9-13-7-3-4-8-13/h3-4,7-8H,5-6,9-11H2,1-2H3/p+1. The van der Waals surface area contributed by atoms with Crippen LogP contribution < -0.4 is 0 Å². The lowest BCUT2D eigenvalue weighted by molar-refractivity contribution is -0.890. The average Bonchev–Trinajstić information content (AvgIpc) is 2.68. The van der Waals surface area contributed by atoms with Gasteiger partial charge in [-0.05, 0) is 12.1 Å². The second kappa shape index (κ2) is 5.70. The number of carbonyl (C=O) groups is 1. The zero-order valence-corrected chi connectivity index (χ0v) is 10.1. The van der Waals surface area contributed by atoms with Gasteiger partial charge in [0.15, 0.2) is 0 Å². The molecule has 4 heteroatoms. The first-order chi connectivity index (χ1) is 7.49. The maximum Gasteiger partial charge on any atom is 0.309 e. The summed E-state index contributed by atoms with van der Waals surface area (Å²) >= 11 is 0. The van der Waals surface area contributed by atoms with Gasteiger partial charge in [0.1, 0.15) is 0 Å². The molecule has 0 unspecified atom stereocenters. The molecule has 1 aromatic heterocycles. The molecule has 0 aromatic carbocycles. The second-order valence-electron chi connectivity index (χ2n) is 4.80. The smallest absolute Gasteiger partial charge is 0.309 e. The minimum Gasteiger partial charge on any atom is -0.481 e. The van der Waals surface area contributed by atoms with Gasteiger partial charge in [0.2, 0.25) is 0 Å². The summed E-state index contributed by atoms with van der Waals surface area (Å²) in [5, 5.41) is 8.64. The van der Waals surface area contributed by atoms with Gasteiger partial charge in [0.25, 0.3) is 0 Å². The number of aryl methyl sites for hydroxylation is 1. The summed E-state index contributed by atoms with van der Waals surface area (Å²) in [5.74, 6) is -0.711. The van der Waals surface area contributed by atoms with Gasteiger partial charge >= 0.3 is 5.97 Å². The summed E-state index contributed by atoms with van der Waals surface area (Å²) in [7, 11) is 4.16. The van der Waals surface area contributed by atoms with Crippen molar-refractivity contribution in [1.29, 1.82) is 0 Å². The van der Waals surface area contributed by atoms with Crippen molar-refractivity contribution in [3.05, 3.63) is 24.5 Å². The van der Waals surface area contributed by atoms with Crippen molar-refractivity contribution in [2.45, 2.75) is 19.4 Å². The highest BCUT2D eigenvalue weighted by atomic mass is 16.4. The number of carboxylic acids is 1. The Balaban J connectivity index is 2.22. The average molecular weight is 225 g/mol. The van der Waals surface area contributed by atoms with Crippen molar-refractivity contribution < 1.29 is 14.4 Å². The third-order valence-electron chi connectivity index (χ3n) is 2.78. The normalized spacial score (nSPS) is 11.6. The van der Waals surface area contributed by atoms with E-state index in [-0.39, 0.29) is 6.42 Å². The molecule has 1 heterocycles. The summed E-state index contributed by atoms with van der Waals surface area (Å²) in [5.41, 5.74) is 0. The molecule has 0 saturated heterocycles. The number of nitrogens with zero attached hydrogens (tertiary/aromatic N) is 2. The van der Waals surface area contributed by atoms with Gasteiger partial charge in [0.05, 0.1) is 33.6 Å². The van der Waals surface area contributed by atoms with Crippen LogP contribution in [0.25, 0.3) is 0 Å². The van der Waals surface area contributed by atoms with Crippen LogP contribution >= 0.6 is 0 Å². The number of carboxylic acid groups (broad SMARTS) is 1. The predicted molar refractivity (Wildman–Crippen MR) is 63.1 cm³/mol. The molecule has 0 saturated carbocycles. The topological polar surface area (TPSA) is 42.2 Å². The van der Waals surface area contributed by atoms with Crippen molar-refractivity contribution in [3.8, 4) is 0 Å². The Bertz CT molecular complexity index is 318. The van der Waals surface area contributed by atoms with Gasteiger partial charge in [-0.3, -0.25) is 4.79 Å². The maximum absolute atomic E-state index is 10.5. The molecule has 0 amide bonds. The van der Waals surface area contributed by atoms with Gasteiger partial charge < -0.3 is 14.2 Å². The first-order valence-electron chi connectivity index (χ1n) is 5.64. The third-order valence-corrected chi connectivity index (χ3v) is 2.78. The quantitative estimate of drug-likeness (QED) is 0.713. The highest BCUT2D eigenvalue weighted by Crippen LogP contribution is 2.03. The Morgan fingerprint density at radius 3 is 2.44 bits per heavy atom. The molecule has 1 rings (SSSR count). The highest BCUT2D eigenvalue weighted by molar-refractivity contribution is 5.66. The van der Waals surface area contributed by atoms with E-state index < -0.39 is 5.97 Å². The van der Waals surface area contributed by atoms with E-state index in [0.717, 1.165) is 24.0 Å². The van der Waals surface area contributed by atoms with Crippen molar-refractivity contribution in [3.63, 3.8) is 0 Å². The number of hydrogen-bond donors (Lipinski definition) is 1. The molecule has 0 radical (unpaired) electrons. The fraction of sp³-hybridized carbons (Fsp3) is 0.583. The maximum atomic E-state index is 10.5. The van der Waals surface area contributed by atoms with Crippen LogP contribution in [0.4, 0.5) is 0 Å². The Labute approximate surface area is 96.7 Å². The van der Waals surface area contributed by atoms with Crippen LogP contribution in [0, 0.1) is 0 Å². The Hall–Kier alpha value is -1.29. The lowest BCUT2D eigenvalue weighted by Gasteiger charge is -2.29. The van der Waals surface area contributed by atoms with E-state index in [4.69, 9.17) is 5.11 Å². The van der Waals surface area contributed by atoms with Gasteiger partial charge in [0, 0.05) is 25.4 Å². The fourth-order valence-electron chi connectivity index (χ4n) is 1.71. The minimum absolute atomic E-state index is 0.247. The van der Waals surface area contributed by atoms with E-state index >= 15 is 0 Å². The molecule has 0 aliphatic rings. The van der Waals surface area contributed by atoms with E-state index in [0.29, 0.717) is 6.54 Å². The van der Waals surface area contributed by atoms with Crippen LogP contribution in [0.2, 0.25) is 0 Å². The summed E-state index contributed by atoms with van der Waals surface area (Å²) in [6, 6.07) is 4.04. The van der Waals surface area contributed by atoms with Crippen molar-refractivity contribution in [2.24, 2.45) is 0 Å². The minimum atomic E-state index is -0.711. The summed E-state index contributed by atoms with van der Waals surface area (Å²) < 4.78 is 2.92. The van der Waals surface area contributed by atoms with Crippen LogP contribution in [-0.2, 0) is 11.3 Å². The SMILES string of the molecule is C[N+](C)(CCCn1cccc1)CCC(=O)O. The number of aliphatic carboxylic acids is 1. The molecule has 1 N–H and O–H groups in total. The van der Waals surface area contributed by atoms with E-state index in [1.807, 2.05) is 12.1 Å². The zero-order chi connectivity index (χ0) is 12.0. The molecule has 0 aliphatic carbocycles. The number of aromatic nitrogens is 1. The molecular weight excluding hydrogens is 204 g/mol. The number of quaternary nitrogens is 1. The Morgan fingerprint density at radius 1 is 1.25 bits per heavy atom. The van der Waals surface area contributed by atoms with E-state index in [2.05, 4.69) is 31.1 Å². The Kier molecular flexibility index (Phi) is 4.55. The molecule has 0 aliphatic heterocycles. The summed E-state index contributed by atoms with van der Waals surface area (Å²) in [6.45, 7) is 2.70. The van der Waals surface area contributed by atoms with Gasteiger partial charge in [-0.1, -0.05) is 0 Å². The monoisotopic (exact) mass is 225 g/mol. The lowest BCUT2D eigenvalue weighted by Crippen LogP contribution is -2.42. The molecule has 90 valence electrons. The second-order valence-corrected chi connectivity index (χ2v) is 4.80. The van der Waals surface area contributed by atoms with Gasteiger partial charge in [-0.25, -0.2) is 0 Å².